The molecule has 1 aliphatic rings. The second-order valence-corrected chi connectivity index (χ2v) is 7.53. The number of hydrogen-bond acceptors (Lipinski definition) is 2. The maximum Gasteiger partial charge on any atom is 0.243 e. The van der Waals surface area contributed by atoms with Gasteiger partial charge in [-0.25, -0.2) is 12.8 Å². The zero-order valence-electron chi connectivity index (χ0n) is 12.4. The molecular formula is C17H18FNO2S. The van der Waals surface area contributed by atoms with Crippen LogP contribution in [0.1, 0.15) is 16.7 Å². The van der Waals surface area contributed by atoms with Crippen LogP contribution in [0, 0.1) is 6.92 Å². The minimum atomic E-state index is -3.69. The van der Waals surface area contributed by atoms with Crippen LogP contribution in [0.15, 0.2) is 53.4 Å². The first-order valence-electron chi connectivity index (χ1n) is 7.23. The molecule has 0 aromatic heterocycles. The number of fused-ring (bicyclic) bond motifs is 1. The molecule has 0 aliphatic carbocycles. The van der Waals surface area contributed by atoms with Crippen LogP contribution in [0.2, 0.25) is 0 Å². The highest BCUT2D eigenvalue weighted by molar-refractivity contribution is 7.89. The molecule has 1 aliphatic heterocycles. The van der Waals surface area contributed by atoms with E-state index in [0.717, 1.165) is 16.7 Å². The summed E-state index contributed by atoms with van der Waals surface area (Å²) in [5.74, 6) is 0. The number of rotatable bonds is 3. The van der Waals surface area contributed by atoms with Crippen molar-refractivity contribution in [3.8, 4) is 0 Å². The Bertz CT molecular complexity index is 772. The predicted molar refractivity (Wildman–Crippen MR) is 83.8 cm³/mol. The van der Waals surface area contributed by atoms with Crippen LogP contribution in [-0.2, 0) is 23.0 Å². The second-order valence-electron chi connectivity index (χ2n) is 5.64. The fourth-order valence-electron chi connectivity index (χ4n) is 2.82. The Morgan fingerprint density at radius 3 is 2.36 bits per heavy atom. The van der Waals surface area contributed by atoms with Gasteiger partial charge in [0.05, 0.1) is 10.9 Å². The van der Waals surface area contributed by atoms with Crippen molar-refractivity contribution >= 4 is 10.0 Å². The van der Waals surface area contributed by atoms with Gasteiger partial charge in [0.2, 0.25) is 10.0 Å². The zero-order valence-corrected chi connectivity index (χ0v) is 13.2. The van der Waals surface area contributed by atoms with Gasteiger partial charge in [-0.2, -0.15) is 4.31 Å². The summed E-state index contributed by atoms with van der Waals surface area (Å²) in [4.78, 5) is 0.218. The van der Waals surface area contributed by atoms with Crippen LogP contribution in [0.25, 0.3) is 0 Å². The molecule has 0 radical (unpaired) electrons. The number of halogens is 1. The molecular weight excluding hydrogens is 301 g/mol. The van der Waals surface area contributed by atoms with Gasteiger partial charge in [0.25, 0.3) is 0 Å². The molecule has 1 atom stereocenters. The first-order chi connectivity index (χ1) is 10.5. The summed E-state index contributed by atoms with van der Waals surface area (Å²) in [6.07, 6.45) is 0.414. The lowest BCUT2D eigenvalue weighted by atomic mass is 9.96. The number of sulfonamides is 1. The van der Waals surface area contributed by atoms with Crippen LogP contribution in [-0.4, -0.2) is 25.4 Å². The van der Waals surface area contributed by atoms with Crippen molar-refractivity contribution < 1.29 is 12.8 Å². The van der Waals surface area contributed by atoms with Crippen LogP contribution in [0.3, 0.4) is 0 Å². The molecule has 0 spiro atoms. The second kappa shape index (κ2) is 5.82. The number of alkyl halides is 1. The van der Waals surface area contributed by atoms with E-state index in [1.165, 1.54) is 4.31 Å². The largest absolute Gasteiger partial charge is 0.249 e. The fourth-order valence-corrected chi connectivity index (χ4v) is 4.41. The molecule has 0 fully saturated rings. The zero-order chi connectivity index (χ0) is 15.7. The Morgan fingerprint density at radius 2 is 1.73 bits per heavy atom. The van der Waals surface area contributed by atoms with Gasteiger partial charge in [0, 0.05) is 6.54 Å². The van der Waals surface area contributed by atoms with Crippen molar-refractivity contribution in [2.24, 2.45) is 0 Å². The Balaban J connectivity index is 2.00. The van der Waals surface area contributed by atoms with Crippen LogP contribution >= 0.6 is 0 Å². The van der Waals surface area contributed by atoms with E-state index >= 15 is 0 Å². The molecule has 0 amide bonds. The Morgan fingerprint density at radius 1 is 1.09 bits per heavy atom. The molecule has 3 rings (SSSR count). The Kier molecular flexibility index (Phi) is 4.02. The average molecular weight is 319 g/mol. The summed E-state index contributed by atoms with van der Waals surface area (Å²) in [5, 5.41) is 0. The van der Waals surface area contributed by atoms with Crippen LogP contribution in [0.5, 0.6) is 0 Å². The van der Waals surface area contributed by atoms with Gasteiger partial charge in [0.15, 0.2) is 0 Å². The summed E-state index contributed by atoms with van der Waals surface area (Å²) in [6, 6.07) is 13.7. The van der Waals surface area contributed by atoms with E-state index in [-0.39, 0.29) is 11.4 Å². The molecule has 2 aromatic carbocycles. The number of aryl methyl sites for hydroxylation is 1. The Hall–Kier alpha value is -1.72. The van der Waals surface area contributed by atoms with Gasteiger partial charge in [0.1, 0.15) is 6.67 Å². The molecule has 3 nitrogen and oxygen atoms in total. The van der Waals surface area contributed by atoms with Crippen LogP contribution < -0.4 is 0 Å². The minimum absolute atomic E-state index is 0.218. The van der Waals surface area contributed by atoms with E-state index in [4.69, 9.17) is 0 Å². The minimum Gasteiger partial charge on any atom is -0.249 e. The quantitative estimate of drug-likeness (QED) is 0.872. The van der Waals surface area contributed by atoms with Crippen molar-refractivity contribution in [1.29, 1.82) is 0 Å². The molecule has 5 heteroatoms. The fraction of sp³-hybridized carbons (Fsp3) is 0.294. The molecule has 0 bridgehead atoms. The van der Waals surface area contributed by atoms with E-state index in [2.05, 4.69) is 0 Å². The van der Waals surface area contributed by atoms with E-state index < -0.39 is 22.7 Å². The van der Waals surface area contributed by atoms with Gasteiger partial charge in [-0.1, -0.05) is 42.0 Å². The Labute approximate surface area is 130 Å². The van der Waals surface area contributed by atoms with Crippen molar-refractivity contribution in [3.05, 3.63) is 65.2 Å². The topological polar surface area (TPSA) is 37.4 Å². The van der Waals surface area contributed by atoms with Crippen molar-refractivity contribution in [2.75, 3.05) is 6.67 Å². The standard InChI is InChI=1S/C17H18FNO2S/c1-13-6-8-17(9-7-13)22(20,21)19-12-15-5-3-2-4-14(15)10-16(19)11-18/h2-9,16H,10-12H2,1H3/t16-/m0/s1. The van der Waals surface area contributed by atoms with Crippen molar-refractivity contribution in [2.45, 2.75) is 30.8 Å². The maximum absolute atomic E-state index is 13.4. The molecule has 0 N–H and O–H groups in total. The highest BCUT2D eigenvalue weighted by atomic mass is 32.2. The van der Waals surface area contributed by atoms with E-state index in [1.807, 2.05) is 31.2 Å². The highest BCUT2D eigenvalue weighted by Crippen LogP contribution is 2.29. The average Bonchev–Trinajstić information content (AvgIpc) is 2.54. The van der Waals surface area contributed by atoms with Gasteiger partial charge in [-0.3, -0.25) is 0 Å². The highest BCUT2D eigenvalue weighted by Gasteiger charge is 2.35. The third kappa shape index (κ3) is 2.66. The molecule has 2 aromatic rings. The van der Waals surface area contributed by atoms with Crippen LogP contribution in [0.4, 0.5) is 4.39 Å². The lowest BCUT2D eigenvalue weighted by molar-refractivity contribution is 0.241. The molecule has 0 saturated heterocycles. The SMILES string of the molecule is Cc1ccc(S(=O)(=O)N2Cc3ccccc3C[C@H]2CF)cc1. The summed E-state index contributed by atoms with van der Waals surface area (Å²) < 4.78 is 40.4. The maximum atomic E-state index is 13.4. The molecule has 0 saturated carbocycles. The third-order valence-electron chi connectivity index (χ3n) is 4.11. The first kappa shape index (κ1) is 15.2. The smallest absolute Gasteiger partial charge is 0.243 e. The lowest BCUT2D eigenvalue weighted by Gasteiger charge is -2.34. The first-order valence-corrected chi connectivity index (χ1v) is 8.67. The summed E-state index contributed by atoms with van der Waals surface area (Å²) in [6.45, 7) is 1.44. The number of nitrogens with zero attached hydrogens (tertiary/aromatic N) is 1. The van der Waals surface area contributed by atoms with Gasteiger partial charge < -0.3 is 0 Å². The van der Waals surface area contributed by atoms with Crippen molar-refractivity contribution in [1.82, 2.24) is 4.31 Å². The van der Waals surface area contributed by atoms with Gasteiger partial charge in [-0.15, -0.1) is 0 Å². The number of hydrogen-bond donors (Lipinski definition) is 0. The lowest BCUT2D eigenvalue weighted by Crippen LogP contribution is -2.45. The predicted octanol–water partition coefficient (Wildman–Crippen LogP) is 3.08. The molecule has 0 unspecified atom stereocenters. The van der Waals surface area contributed by atoms with Gasteiger partial charge >= 0.3 is 0 Å². The third-order valence-corrected chi connectivity index (χ3v) is 6.03. The van der Waals surface area contributed by atoms with E-state index in [1.54, 1.807) is 24.3 Å². The normalized spacial score (nSPS) is 18.9. The molecule has 1 heterocycles. The van der Waals surface area contributed by atoms with E-state index in [9.17, 15) is 12.8 Å². The van der Waals surface area contributed by atoms with Crippen molar-refractivity contribution in [3.63, 3.8) is 0 Å². The van der Waals surface area contributed by atoms with E-state index in [0.29, 0.717) is 6.42 Å². The monoisotopic (exact) mass is 319 g/mol. The molecule has 22 heavy (non-hydrogen) atoms. The summed E-state index contributed by atoms with van der Waals surface area (Å²) in [5.41, 5.74) is 2.97. The molecule has 116 valence electrons. The number of benzene rings is 2. The summed E-state index contributed by atoms with van der Waals surface area (Å²) in [7, 11) is -3.69. The van der Waals surface area contributed by atoms with Gasteiger partial charge in [-0.05, 0) is 36.6 Å². The summed E-state index contributed by atoms with van der Waals surface area (Å²) >= 11 is 0.